The summed E-state index contributed by atoms with van der Waals surface area (Å²) in [5, 5.41) is 14.2. The molecule has 5 heteroatoms. The van der Waals surface area contributed by atoms with Crippen molar-refractivity contribution in [2.24, 2.45) is 0 Å². The van der Waals surface area contributed by atoms with E-state index in [9.17, 15) is 4.79 Å². The predicted molar refractivity (Wildman–Crippen MR) is 54.5 cm³/mol. The van der Waals surface area contributed by atoms with Crippen LogP contribution in [0.5, 0.6) is 0 Å². The molecule has 1 heterocycles. The summed E-state index contributed by atoms with van der Waals surface area (Å²) in [7, 11) is 0. The van der Waals surface area contributed by atoms with E-state index in [4.69, 9.17) is 5.11 Å². The lowest BCUT2D eigenvalue weighted by Gasteiger charge is -2.28. The van der Waals surface area contributed by atoms with Gasteiger partial charge in [-0.15, -0.1) is 0 Å². The number of carbonyl (C=O) groups is 1. The second kappa shape index (κ2) is 5.82. The molecular formula is C9H19N3O2. The first-order chi connectivity index (χ1) is 6.68. The molecule has 1 atom stereocenters. The summed E-state index contributed by atoms with van der Waals surface area (Å²) in [6, 6.07) is 0.0439. The molecule has 0 aromatic heterocycles. The number of amides is 1. The first kappa shape index (κ1) is 11.3. The van der Waals surface area contributed by atoms with Crippen LogP contribution < -0.4 is 10.6 Å². The molecular weight excluding hydrogens is 182 g/mol. The van der Waals surface area contributed by atoms with E-state index in [2.05, 4.69) is 15.5 Å². The fourth-order valence-electron chi connectivity index (χ4n) is 1.59. The Labute approximate surface area is 84.5 Å². The van der Waals surface area contributed by atoms with Crippen LogP contribution in [0.3, 0.4) is 0 Å². The smallest absolute Gasteiger partial charge is 0.404 e. The van der Waals surface area contributed by atoms with Gasteiger partial charge in [-0.25, -0.2) is 4.79 Å². The zero-order valence-corrected chi connectivity index (χ0v) is 8.62. The molecule has 14 heavy (non-hydrogen) atoms. The third kappa shape index (κ3) is 4.43. The number of carboxylic acid groups (broad SMARTS) is 1. The Balaban J connectivity index is 2.09. The lowest BCUT2D eigenvalue weighted by molar-refractivity contribution is 0.186. The summed E-state index contributed by atoms with van der Waals surface area (Å²) in [5.41, 5.74) is 0. The summed E-state index contributed by atoms with van der Waals surface area (Å²) in [6.45, 7) is 7.10. The van der Waals surface area contributed by atoms with Gasteiger partial charge in [0.25, 0.3) is 0 Å². The van der Waals surface area contributed by atoms with Gasteiger partial charge in [-0.05, 0) is 13.3 Å². The van der Waals surface area contributed by atoms with Crippen LogP contribution in [0.4, 0.5) is 4.79 Å². The molecule has 82 valence electrons. The van der Waals surface area contributed by atoms with Crippen molar-refractivity contribution in [2.45, 2.75) is 19.4 Å². The predicted octanol–water partition coefficient (Wildman–Crippen LogP) is -0.0622. The highest BCUT2D eigenvalue weighted by Gasteiger charge is 2.11. The van der Waals surface area contributed by atoms with Gasteiger partial charge in [0.05, 0.1) is 0 Å². The van der Waals surface area contributed by atoms with Crippen LogP contribution in [0.25, 0.3) is 0 Å². The minimum Gasteiger partial charge on any atom is -0.465 e. The Morgan fingerprint density at radius 2 is 2.21 bits per heavy atom. The lowest BCUT2D eigenvalue weighted by atomic mass is 10.2. The molecule has 0 saturated carbocycles. The van der Waals surface area contributed by atoms with Crippen molar-refractivity contribution in [1.29, 1.82) is 0 Å². The van der Waals surface area contributed by atoms with Crippen molar-refractivity contribution >= 4 is 6.09 Å². The van der Waals surface area contributed by atoms with Gasteiger partial charge < -0.3 is 20.6 Å². The van der Waals surface area contributed by atoms with Crippen LogP contribution in [0.1, 0.15) is 13.3 Å². The van der Waals surface area contributed by atoms with E-state index in [-0.39, 0.29) is 6.04 Å². The SMILES string of the molecule is C[C@@H](CCN1CCNCC1)NC(=O)O. The molecule has 1 fully saturated rings. The van der Waals surface area contributed by atoms with Crippen LogP contribution in [0, 0.1) is 0 Å². The Morgan fingerprint density at radius 1 is 1.57 bits per heavy atom. The van der Waals surface area contributed by atoms with Gasteiger partial charge in [0.1, 0.15) is 0 Å². The average Bonchev–Trinajstić information content (AvgIpc) is 2.15. The van der Waals surface area contributed by atoms with Gasteiger partial charge in [0.15, 0.2) is 0 Å². The second-order valence-corrected chi connectivity index (χ2v) is 3.73. The Kier molecular flexibility index (Phi) is 4.69. The van der Waals surface area contributed by atoms with Gasteiger partial charge in [0, 0.05) is 38.8 Å². The molecule has 0 bridgehead atoms. The number of piperazine rings is 1. The van der Waals surface area contributed by atoms with E-state index >= 15 is 0 Å². The molecule has 1 aliphatic heterocycles. The number of hydrogen-bond acceptors (Lipinski definition) is 3. The summed E-state index contributed by atoms with van der Waals surface area (Å²) in [5.74, 6) is 0. The van der Waals surface area contributed by atoms with Crippen LogP contribution in [0.15, 0.2) is 0 Å². The Hall–Kier alpha value is -0.810. The minimum atomic E-state index is -0.933. The van der Waals surface area contributed by atoms with E-state index in [1.54, 1.807) is 0 Å². The highest BCUT2D eigenvalue weighted by molar-refractivity contribution is 5.64. The van der Waals surface area contributed by atoms with Crippen molar-refractivity contribution < 1.29 is 9.90 Å². The zero-order valence-electron chi connectivity index (χ0n) is 8.62. The summed E-state index contributed by atoms with van der Waals surface area (Å²) in [6.07, 6.45) is -0.0513. The maximum absolute atomic E-state index is 10.3. The lowest BCUT2D eigenvalue weighted by Crippen LogP contribution is -2.45. The molecule has 0 aromatic rings. The number of nitrogens with one attached hydrogen (secondary N) is 2. The fraction of sp³-hybridized carbons (Fsp3) is 0.889. The van der Waals surface area contributed by atoms with Crippen molar-refractivity contribution in [3.8, 4) is 0 Å². The largest absolute Gasteiger partial charge is 0.465 e. The van der Waals surface area contributed by atoms with Crippen LogP contribution in [-0.2, 0) is 0 Å². The Bertz CT molecular complexity index is 181. The van der Waals surface area contributed by atoms with Crippen molar-refractivity contribution in [1.82, 2.24) is 15.5 Å². The van der Waals surface area contributed by atoms with Crippen molar-refractivity contribution in [3.63, 3.8) is 0 Å². The molecule has 3 N–H and O–H groups in total. The summed E-state index contributed by atoms with van der Waals surface area (Å²) < 4.78 is 0. The Morgan fingerprint density at radius 3 is 2.79 bits per heavy atom. The fourth-order valence-corrected chi connectivity index (χ4v) is 1.59. The van der Waals surface area contributed by atoms with Gasteiger partial charge in [-0.3, -0.25) is 0 Å². The average molecular weight is 201 g/mol. The molecule has 1 amide bonds. The third-order valence-corrected chi connectivity index (χ3v) is 2.46. The highest BCUT2D eigenvalue weighted by Crippen LogP contribution is 1.97. The quantitative estimate of drug-likeness (QED) is 0.596. The van der Waals surface area contributed by atoms with Crippen molar-refractivity contribution in [3.05, 3.63) is 0 Å². The van der Waals surface area contributed by atoms with E-state index in [0.717, 1.165) is 39.1 Å². The first-order valence-electron chi connectivity index (χ1n) is 5.11. The number of rotatable bonds is 4. The van der Waals surface area contributed by atoms with Crippen LogP contribution in [0.2, 0.25) is 0 Å². The standard InChI is InChI=1S/C9H19N3O2/c1-8(11-9(13)14)2-5-12-6-3-10-4-7-12/h8,10-11H,2-7H2,1H3,(H,13,14)/t8-/m0/s1. The van der Waals surface area contributed by atoms with Gasteiger partial charge in [-0.2, -0.15) is 0 Å². The highest BCUT2D eigenvalue weighted by atomic mass is 16.4. The maximum Gasteiger partial charge on any atom is 0.404 e. The molecule has 0 radical (unpaired) electrons. The zero-order chi connectivity index (χ0) is 10.4. The van der Waals surface area contributed by atoms with E-state index in [1.165, 1.54) is 0 Å². The number of hydrogen-bond donors (Lipinski definition) is 3. The second-order valence-electron chi connectivity index (χ2n) is 3.73. The molecule has 0 unspecified atom stereocenters. The van der Waals surface area contributed by atoms with Crippen LogP contribution >= 0.6 is 0 Å². The van der Waals surface area contributed by atoms with Gasteiger partial charge in [0.2, 0.25) is 0 Å². The molecule has 0 aliphatic carbocycles. The van der Waals surface area contributed by atoms with Crippen molar-refractivity contribution in [2.75, 3.05) is 32.7 Å². The van der Waals surface area contributed by atoms with Gasteiger partial charge >= 0.3 is 6.09 Å². The molecule has 1 aliphatic rings. The van der Waals surface area contributed by atoms with E-state index in [1.807, 2.05) is 6.92 Å². The summed E-state index contributed by atoms with van der Waals surface area (Å²) in [4.78, 5) is 12.7. The molecule has 1 rings (SSSR count). The monoisotopic (exact) mass is 201 g/mol. The van der Waals surface area contributed by atoms with Crippen LogP contribution in [-0.4, -0.2) is 54.9 Å². The third-order valence-electron chi connectivity index (χ3n) is 2.46. The molecule has 0 spiro atoms. The molecule has 5 nitrogen and oxygen atoms in total. The minimum absolute atomic E-state index is 0.0439. The summed E-state index contributed by atoms with van der Waals surface area (Å²) >= 11 is 0. The van der Waals surface area contributed by atoms with Gasteiger partial charge in [-0.1, -0.05) is 0 Å². The maximum atomic E-state index is 10.3. The first-order valence-corrected chi connectivity index (χ1v) is 5.11. The molecule has 1 saturated heterocycles. The molecule has 0 aromatic carbocycles. The normalized spacial score (nSPS) is 20.4. The van der Waals surface area contributed by atoms with E-state index < -0.39 is 6.09 Å². The number of nitrogens with zero attached hydrogens (tertiary/aromatic N) is 1. The van der Waals surface area contributed by atoms with E-state index in [0.29, 0.717) is 0 Å². The topological polar surface area (TPSA) is 64.6 Å².